The van der Waals surface area contributed by atoms with Crippen molar-refractivity contribution >= 4 is 17.7 Å². The lowest BCUT2D eigenvalue weighted by atomic mass is 10.2. The Balaban J connectivity index is 1.84. The molecule has 2 rings (SSSR count). The third kappa shape index (κ3) is 3.68. The van der Waals surface area contributed by atoms with Gasteiger partial charge in [-0.3, -0.25) is 4.79 Å². The lowest BCUT2D eigenvalue weighted by molar-refractivity contribution is -0.140. The Kier molecular flexibility index (Phi) is 4.54. The van der Waals surface area contributed by atoms with E-state index in [2.05, 4.69) is 9.97 Å². The molecule has 2 atom stereocenters. The molecule has 0 saturated carbocycles. The van der Waals surface area contributed by atoms with Gasteiger partial charge >= 0.3 is 0 Å². The summed E-state index contributed by atoms with van der Waals surface area (Å²) in [4.78, 5) is 22.1. The summed E-state index contributed by atoms with van der Waals surface area (Å²) in [6, 6.07) is 1.76. The van der Waals surface area contributed by atoms with E-state index in [1.165, 1.54) is 11.8 Å². The third-order valence-electron chi connectivity index (χ3n) is 2.64. The average Bonchev–Trinajstić information content (AvgIpc) is 2.36. The number of hydrogen-bond acceptors (Lipinski definition) is 5. The molecule has 0 bridgehead atoms. The molecule has 1 aromatic rings. The number of aromatic nitrogens is 2. The maximum Gasteiger partial charge on any atom is 0.233 e. The number of morpholine rings is 1. The van der Waals surface area contributed by atoms with Crippen LogP contribution in [0.25, 0.3) is 0 Å². The maximum absolute atomic E-state index is 12.1. The topological polar surface area (TPSA) is 55.3 Å². The van der Waals surface area contributed by atoms with E-state index in [4.69, 9.17) is 4.74 Å². The number of rotatable bonds is 3. The number of carbonyl (C=O) groups is 1. The van der Waals surface area contributed by atoms with E-state index in [0.29, 0.717) is 24.0 Å². The van der Waals surface area contributed by atoms with Crippen molar-refractivity contribution < 1.29 is 9.53 Å². The van der Waals surface area contributed by atoms with Crippen LogP contribution in [0.4, 0.5) is 0 Å². The molecule has 5 nitrogen and oxygen atoms in total. The van der Waals surface area contributed by atoms with E-state index in [-0.39, 0.29) is 18.1 Å². The highest BCUT2D eigenvalue weighted by Crippen LogP contribution is 2.15. The highest BCUT2D eigenvalue weighted by molar-refractivity contribution is 7.99. The Morgan fingerprint density at radius 1 is 1.39 bits per heavy atom. The number of nitrogens with zero attached hydrogens (tertiary/aromatic N) is 3. The van der Waals surface area contributed by atoms with Crippen LogP contribution in [0.15, 0.2) is 23.6 Å². The number of carbonyl (C=O) groups excluding carboxylic acids is 1. The van der Waals surface area contributed by atoms with Crippen LogP contribution in [0.5, 0.6) is 0 Å². The molecule has 1 aliphatic heterocycles. The Labute approximate surface area is 111 Å². The maximum atomic E-state index is 12.1. The molecule has 2 heterocycles. The molecule has 1 saturated heterocycles. The first-order valence-corrected chi connectivity index (χ1v) is 6.97. The number of amides is 1. The van der Waals surface area contributed by atoms with Crippen LogP contribution in [0, 0.1) is 0 Å². The van der Waals surface area contributed by atoms with Crippen molar-refractivity contribution in [2.45, 2.75) is 31.2 Å². The molecule has 0 unspecified atom stereocenters. The third-order valence-corrected chi connectivity index (χ3v) is 3.50. The molecule has 0 aromatic carbocycles. The van der Waals surface area contributed by atoms with Gasteiger partial charge in [0.15, 0.2) is 5.16 Å². The van der Waals surface area contributed by atoms with Gasteiger partial charge in [0.1, 0.15) is 0 Å². The second-order valence-corrected chi connectivity index (χ2v) is 5.32. The minimum atomic E-state index is 0.107. The predicted molar refractivity (Wildman–Crippen MR) is 69.3 cm³/mol. The fourth-order valence-corrected chi connectivity index (χ4v) is 2.66. The molecule has 1 fully saturated rings. The largest absolute Gasteiger partial charge is 0.372 e. The van der Waals surface area contributed by atoms with E-state index < -0.39 is 0 Å². The van der Waals surface area contributed by atoms with Crippen LogP contribution in [0.3, 0.4) is 0 Å². The van der Waals surface area contributed by atoms with Gasteiger partial charge in [-0.1, -0.05) is 11.8 Å². The van der Waals surface area contributed by atoms with Crippen LogP contribution in [-0.2, 0) is 9.53 Å². The number of hydrogen-bond donors (Lipinski definition) is 0. The second kappa shape index (κ2) is 6.15. The molecule has 1 amide bonds. The molecule has 1 aliphatic rings. The second-order valence-electron chi connectivity index (χ2n) is 4.38. The lowest BCUT2D eigenvalue weighted by Crippen LogP contribution is -2.48. The summed E-state index contributed by atoms with van der Waals surface area (Å²) < 4.78 is 5.60. The zero-order valence-corrected chi connectivity index (χ0v) is 11.4. The van der Waals surface area contributed by atoms with Gasteiger partial charge in [0.25, 0.3) is 0 Å². The molecular weight excluding hydrogens is 250 g/mol. The van der Waals surface area contributed by atoms with Crippen molar-refractivity contribution in [2.24, 2.45) is 0 Å². The molecule has 1 aromatic heterocycles. The Bertz CT molecular complexity index is 392. The minimum absolute atomic E-state index is 0.107. The summed E-state index contributed by atoms with van der Waals surface area (Å²) in [5.41, 5.74) is 0. The number of ether oxygens (including phenoxy) is 1. The molecular formula is C12H17N3O2S. The summed E-state index contributed by atoms with van der Waals surface area (Å²) >= 11 is 1.37. The first-order chi connectivity index (χ1) is 8.65. The van der Waals surface area contributed by atoms with Gasteiger partial charge in [-0.05, 0) is 19.9 Å². The van der Waals surface area contributed by atoms with Crippen LogP contribution in [0.1, 0.15) is 13.8 Å². The zero-order chi connectivity index (χ0) is 13.0. The Morgan fingerprint density at radius 2 is 2.00 bits per heavy atom. The van der Waals surface area contributed by atoms with Crippen molar-refractivity contribution in [2.75, 3.05) is 18.8 Å². The van der Waals surface area contributed by atoms with Crippen LogP contribution in [-0.4, -0.2) is 51.8 Å². The van der Waals surface area contributed by atoms with Gasteiger partial charge in [-0.2, -0.15) is 0 Å². The molecule has 6 heteroatoms. The summed E-state index contributed by atoms with van der Waals surface area (Å²) in [5.74, 6) is 0.498. The normalized spacial score (nSPS) is 24.0. The number of thioether (sulfide) groups is 1. The molecule has 98 valence electrons. The van der Waals surface area contributed by atoms with Gasteiger partial charge in [0.2, 0.25) is 5.91 Å². The van der Waals surface area contributed by atoms with Crippen LogP contribution >= 0.6 is 11.8 Å². The van der Waals surface area contributed by atoms with E-state index in [9.17, 15) is 4.79 Å². The Morgan fingerprint density at radius 3 is 2.61 bits per heavy atom. The predicted octanol–water partition coefficient (Wildman–Crippen LogP) is 1.20. The van der Waals surface area contributed by atoms with E-state index in [1.807, 2.05) is 18.7 Å². The van der Waals surface area contributed by atoms with Crippen LogP contribution in [0.2, 0.25) is 0 Å². The van der Waals surface area contributed by atoms with Crippen molar-refractivity contribution in [3.63, 3.8) is 0 Å². The molecule has 0 aliphatic carbocycles. The van der Waals surface area contributed by atoms with Crippen molar-refractivity contribution in [1.29, 1.82) is 0 Å². The lowest BCUT2D eigenvalue weighted by Gasteiger charge is -2.35. The highest BCUT2D eigenvalue weighted by Gasteiger charge is 2.25. The first kappa shape index (κ1) is 13.3. The standard InChI is InChI=1S/C12H17N3O2S/c1-9-6-15(7-10(2)17-9)11(16)8-18-12-13-4-3-5-14-12/h3-5,9-10H,6-8H2,1-2H3/t9-,10+. The fraction of sp³-hybridized carbons (Fsp3) is 0.583. The van der Waals surface area contributed by atoms with Gasteiger partial charge in [-0.25, -0.2) is 9.97 Å². The molecule has 0 spiro atoms. The highest BCUT2D eigenvalue weighted by atomic mass is 32.2. The molecule has 0 radical (unpaired) electrons. The quantitative estimate of drug-likeness (QED) is 0.608. The van der Waals surface area contributed by atoms with Gasteiger partial charge < -0.3 is 9.64 Å². The smallest absolute Gasteiger partial charge is 0.233 e. The van der Waals surface area contributed by atoms with Crippen molar-refractivity contribution in [1.82, 2.24) is 14.9 Å². The van der Waals surface area contributed by atoms with E-state index >= 15 is 0 Å². The average molecular weight is 267 g/mol. The SMILES string of the molecule is C[C@@H]1CN(C(=O)CSc2ncccn2)C[C@H](C)O1. The summed E-state index contributed by atoms with van der Waals surface area (Å²) in [7, 11) is 0. The summed E-state index contributed by atoms with van der Waals surface area (Å²) in [6.07, 6.45) is 3.57. The van der Waals surface area contributed by atoms with E-state index in [0.717, 1.165) is 0 Å². The summed E-state index contributed by atoms with van der Waals surface area (Å²) in [5, 5.41) is 0.639. The zero-order valence-electron chi connectivity index (χ0n) is 10.6. The van der Waals surface area contributed by atoms with Gasteiger partial charge in [-0.15, -0.1) is 0 Å². The minimum Gasteiger partial charge on any atom is -0.372 e. The molecule has 18 heavy (non-hydrogen) atoms. The van der Waals surface area contributed by atoms with Gasteiger partial charge in [0.05, 0.1) is 18.0 Å². The molecule has 0 N–H and O–H groups in total. The Hall–Kier alpha value is -1.14. The van der Waals surface area contributed by atoms with Crippen molar-refractivity contribution in [3.8, 4) is 0 Å². The summed E-state index contributed by atoms with van der Waals surface area (Å²) in [6.45, 7) is 5.31. The van der Waals surface area contributed by atoms with E-state index in [1.54, 1.807) is 18.5 Å². The fourth-order valence-electron chi connectivity index (χ4n) is 1.96. The van der Waals surface area contributed by atoms with Crippen molar-refractivity contribution in [3.05, 3.63) is 18.5 Å². The first-order valence-electron chi connectivity index (χ1n) is 5.98. The van der Waals surface area contributed by atoms with Gasteiger partial charge in [0, 0.05) is 25.5 Å². The van der Waals surface area contributed by atoms with Crippen LogP contribution < -0.4 is 0 Å². The monoisotopic (exact) mass is 267 g/mol.